The second kappa shape index (κ2) is 11.4. The Kier molecular flexibility index (Phi) is 8.02. The summed E-state index contributed by atoms with van der Waals surface area (Å²) in [4.78, 5) is 19.7. The van der Waals surface area contributed by atoms with Gasteiger partial charge in [0.1, 0.15) is 12.4 Å². The van der Waals surface area contributed by atoms with Crippen molar-refractivity contribution < 1.29 is 22.7 Å². The van der Waals surface area contributed by atoms with E-state index in [-0.39, 0.29) is 11.8 Å². The van der Waals surface area contributed by atoms with E-state index in [2.05, 4.69) is 15.2 Å². The van der Waals surface area contributed by atoms with E-state index in [1.54, 1.807) is 24.4 Å². The number of aromatic nitrogens is 1. The van der Waals surface area contributed by atoms with Crippen molar-refractivity contribution in [2.45, 2.75) is 25.1 Å². The van der Waals surface area contributed by atoms with Crippen LogP contribution in [0.15, 0.2) is 79.0 Å². The Bertz CT molecular complexity index is 1070. The highest BCUT2D eigenvalue weighted by Gasteiger charge is 2.31. The van der Waals surface area contributed by atoms with E-state index in [0.717, 1.165) is 37.5 Å². The predicted molar refractivity (Wildman–Crippen MR) is 127 cm³/mol. The number of hydrogen-bond acceptors (Lipinski definition) is 4. The standard InChI is InChI=1S/C27H28F3N3O2/c28-27(29,30)22-11-9-20(10-12-22)25(24-8-4-5-15-31-24)32-26(34)21-13-16-33(17-14-21)18-19-35-23-6-2-1-3-7-23/h1-12,15,21,25H,13-14,16-19H2,(H,32,34)/t25-/m1/s1. The fourth-order valence-corrected chi connectivity index (χ4v) is 4.23. The first kappa shape index (κ1) is 24.7. The van der Waals surface area contributed by atoms with E-state index in [0.29, 0.717) is 30.7 Å². The van der Waals surface area contributed by atoms with E-state index < -0.39 is 17.8 Å². The Balaban J connectivity index is 1.34. The van der Waals surface area contributed by atoms with Crippen molar-refractivity contribution in [3.8, 4) is 5.75 Å². The molecule has 0 unspecified atom stereocenters. The van der Waals surface area contributed by atoms with Gasteiger partial charge in [-0.25, -0.2) is 0 Å². The summed E-state index contributed by atoms with van der Waals surface area (Å²) in [7, 11) is 0. The van der Waals surface area contributed by atoms with Gasteiger partial charge >= 0.3 is 6.18 Å². The highest BCUT2D eigenvalue weighted by molar-refractivity contribution is 5.79. The molecule has 1 saturated heterocycles. The van der Waals surface area contributed by atoms with Gasteiger partial charge < -0.3 is 10.1 Å². The Morgan fingerprint density at radius 3 is 2.31 bits per heavy atom. The number of benzene rings is 2. The summed E-state index contributed by atoms with van der Waals surface area (Å²) < 4.78 is 44.8. The van der Waals surface area contributed by atoms with Crippen LogP contribution in [0.4, 0.5) is 13.2 Å². The molecule has 3 aromatic rings. The van der Waals surface area contributed by atoms with Crippen LogP contribution in [0.3, 0.4) is 0 Å². The van der Waals surface area contributed by atoms with Crippen LogP contribution in [-0.2, 0) is 11.0 Å². The molecule has 2 heterocycles. The molecule has 0 spiro atoms. The summed E-state index contributed by atoms with van der Waals surface area (Å²) in [5.41, 5.74) is 0.410. The maximum Gasteiger partial charge on any atom is 0.416 e. The lowest BCUT2D eigenvalue weighted by molar-refractivity contribution is -0.137. The maximum atomic E-state index is 13.1. The third-order valence-corrected chi connectivity index (χ3v) is 6.22. The normalized spacial score (nSPS) is 16.0. The Morgan fingerprint density at radius 2 is 1.69 bits per heavy atom. The SMILES string of the molecule is O=C(N[C@H](c1ccc(C(F)(F)F)cc1)c1ccccn1)C1CCN(CCOc2ccccc2)CC1. The molecule has 2 aromatic carbocycles. The largest absolute Gasteiger partial charge is 0.492 e. The van der Waals surface area contributed by atoms with E-state index >= 15 is 0 Å². The number of alkyl halides is 3. The Hall–Kier alpha value is -3.39. The van der Waals surface area contributed by atoms with Gasteiger partial charge in [0.05, 0.1) is 17.3 Å². The van der Waals surface area contributed by atoms with Gasteiger partial charge in [0.25, 0.3) is 0 Å². The molecule has 0 saturated carbocycles. The van der Waals surface area contributed by atoms with Crippen molar-refractivity contribution in [2.75, 3.05) is 26.2 Å². The number of pyridine rings is 1. The minimum Gasteiger partial charge on any atom is -0.492 e. The number of piperidine rings is 1. The number of hydrogen-bond donors (Lipinski definition) is 1. The quantitative estimate of drug-likeness (QED) is 0.485. The second-order valence-electron chi connectivity index (χ2n) is 8.59. The topological polar surface area (TPSA) is 54.5 Å². The zero-order valence-electron chi connectivity index (χ0n) is 19.2. The first-order valence-electron chi connectivity index (χ1n) is 11.7. The molecule has 1 aromatic heterocycles. The van der Waals surface area contributed by atoms with Gasteiger partial charge in [0.15, 0.2) is 0 Å². The van der Waals surface area contributed by atoms with Crippen LogP contribution in [-0.4, -0.2) is 42.0 Å². The Morgan fingerprint density at radius 1 is 1.00 bits per heavy atom. The molecular weight excluding hydrogens is 455 g/mol. The second-order valence-corrected chi connectivity index (χ2v) is 8.59. The number of carbonyl (C=O) groups excluding carboxylic acids is 1. The van der Waals surface area contributed by atoms with E-state index in [1.165, 1.54) is 12.1 Å². The van der Waals surface area contributed by atoms with Crippen LogP contribution >= 0.6 is 0 Å². The lowest BCUT2D eigenvalue weighted by Gasteiger charge is -2.32. The van der Waals surface area contributed by atoms with Crippen LogP contribution < -0.4 is 10.1 Å². The third-order valence-electron chi connectivity index (χ3n) is 6.22. The van der Waals surface area contributed by atoms with Crippen LogP contribution in [0.2, 0.25) is 0 Å². The van der Waals surface area contributed by atoms with Crippen LogP contribution in [0, 0.1) is 5.92 Å². The number of nitrogens with one attached hydrogen (secondary N) is 1. The zero-order valence-corrected chi connectivity index (χ0v) is 19.2. The minimum absolute atomic E-state index is 0.110. The number of amides is 1. The van der Waals surface area contributed by atoms with Crippen molar-refractivity contribution >= 4 is 5.91 Å². The fourth-order valence-electron chi connectivity index (χ4n) is 4.23. The molecule has 1 aliphatic heterocycles. The van der Waals surface area contributed by atoms with Crippen molar-refractivity contribution in [1.29, 1.82) is 0 Å². The molecule has 0 bridgehead atoms. The maximum absolute atomic E-state index is 13.1. The first-order chi connectivity index (χ1) is 16.9. The number of halogens is 3. The van der Waals surface area contributed by atoms with Crippen molar-refractivity contribution in [3.63, 3.8) is 0 Å². The van der Waals surface area contributed by atoms with Crippen LogP contribution in [0.1, 0.15) is 35.7 Å². The van der Waals surface area contributed by atoms with Gasteiger partial charge in [-0.1, -0.05) is 36.4 Å². The molecule has 0 radical (unpaired) electrons. The molecule has 1 N–H and O–H groups in total. The number of likely N-dealkylation sites (tertiary alicyclic amines) is 1. The molecule has 35 heavy (non-hydrogen) atoms. The fraction of sp³-hybridized carbons (Fsp3) is 0.333. The smallest absolute Gasteiger partial charge is 0.416 e. The molecule has 4 rings (SSSR count). The summed E-state index contributed by atoms with van der Waals surface area (Å²) in [5, 5.41) is 3.03. The summed E-state index contributed by atoms with van der Waals surface area (Å²) in [5.74, 6) is 0.563. The molecule has 1 aliphatic rings. The van der Waals surface area contributed by atoms with Crippen molar-refractivity contribution in [2.24, 2.45) is 5.92 Å². The summed E-state index contributed by atoms with van der Waals surface area (Å²) >= 11 is 0. The van der Waals surface area contributed by atoms with Crippen LogP contribution in [0.5, 0.6) is 5.75 Å². The third kappa shape index (κ3) is 6.82. The summed E-state index contributed by atoms with van der Waals surface area (Å²) in [6.45, 7) is 2.93. The van der Waals surface area contributed by atoms with Crippen molar-refractivity contribution in [1.82, 2.24) is 15.2 Å². The first-order valence-corrected chi connectivity index (χ1v) is 11.7. The predicted octanol–water partition coefficient (Wildman–Crippen LogP) is 5.10. The van der Waals surface area contributed by atoms with Gasteiger partial charge in [0.2, 0.25) is 5.91 Å². The molecule has 184 valence electrons. The highest BCUT2D eigenvalue weighted by Crippen LogP contribution is 2.31. The molecule has 1 fully saturated rings. The molecule has 5 nitrogen and oxygen atoms in total. The average molecular weight is 484 g/mol. The number of carbonyl (C=O) groups is 1. The zero-order chi connectivity index (χ0) is 24.7. The molecule has 1 atom stereocenters. The number of nitrogens with zero attached hydrogens (tertiary/aromatic N) is 2. The van der Waals surface area contributed by atoms with E-state index in [4.69, 9.17) is 4.74 Å². The molecule has 0 aliphatic carbocycles. The number of ether oxygens (including phenoxy) is 1. The lowest BCUT2D eigenvalue weighted by Crippen LogP contribution is -2.43. The lowest BCUT2D eigenvalue weighted by atomic mass is 9.94. The van der Waals surface area contributed by atoms with Gasteiger partial charge in [-0.3, -0.25) is 14.7 Å². The van der Waals surface area contributed by atoms with E-state index in [9.17, 15) is 18.0 Å². The summed E-state index contributed by atoms with van der Waals surface area (Å²) in [6.07, 6.45) is -1.39. The van der Waals surface area contributed by atoms with Gasteiger partial charge in [-0.05, 0) is 67.9 Å². The molecular formula is C27H28F3N3O2. The van der Waals surface area contributed by atoms with Crippen LogP contribution in [0.25, 0.3) is 0 Å². The Labute approximate surface area is 202 Å². The number of para-hydroxylation sites is 1. The van der Waals surface area contributed by atoms with Gasteiger partial charge in [-0.15, -0.1) is 0 Å². The van der Waals surface area contributed by atoms with Gasteiger partial charge in [0, 0.05) is 18.7 Å². The van der Waals surface area contributed by atoms with E-state index in [1.807, 2.05) is 30.3 Å². The summed E-state index contributed by atoms with van der Waals surface area (Å²) in [6, 6.07) is 19.2. The molecule has 1 amide bonds. The minimum atomic E-state index is -4.41. The average Bonchev–Trinajstić information content (AvgIpc) is 2.88. The van der Waals surface area contributed by atoms with Crippen molar-refractivity contribution in [3.05, 3.63) is 95.8 Å². The monoisotopic (exact) mass is 483 g/mol. The molecule has 8 heteroatoms. The number of rotatable bonds is 8. The van der Waals surface area contributed by atoms with Gasteiger partial charge in [-0.2, -0.15) is 13.2 Å². The highest BCUT2D eigenvalue weighted by atomic mass is 19.4.